The molecule has 0 aromatic heterocycles. The fourth-order valence-electron chi connectivity index (χ4n) is 2.53. The summed E-state index contributed by atoms with van der Waals surface area (Å²) < 4.78 is 5.11. The van der Waals surface area contributed by atoms with Crippen molar-refractivity contribution >= 4 is 0 Å². The van der Waals surface area contributed by atoms with Crippen molar-refractivity contribution in [3.8, 4) is 0 Å². The molecule has 0 bridgehead atoms. The summed E-state index contributed by atoms with van der Waals surface area (Å²) in [6.45, 7) is 8.84. The molecule has 0 aliphatic rings. The van der Waals surface area contributed by atoms with Crippen LogP contribution in [0.15, 0.2) is 0 Å². The highest BCUT2D eigenvalue weighted by molar-refractivity contribution is 4.75. The second-order valence-corrected chi connectivity index (χ2v) is 4.96. The minimum atomic E-state index is 0.716. The lowest BCUT2D eigenvalue weighted by Crippen LogP contribution is -2.36. The lowest BCUT2D eigenvalue weighted by Gasteiger charge is -2.27. The van der Waals surface area contributed by atoms with Gasteiger partial charge in [0.15, 0.2) is 0 Å². The molecule has 104 valence electrons. The zero-order valence-corrected chi connectivity index (χ0v) is 12.4. The van der Waals surface area contributed by atoms with Crippen LogP contribution >= 0.6 is 0 Å². The first-order chi connectivity index (χ1) is 8.29. The zero-order valence-electron chi connectivity index (χ0n) is 12.4. The summed E-state index contributed by atoms with van der Waals surface area (Å²) in [5, 5.41) is 3.68. The number of nitrogens with one attached hydrogen (secondary N) is 1. The standard InChI is InChI=1S/C15H33NO/c1-5-8-11-14(6-2)15(16-7-3)12-9-10-13-17-4/h14-16H,5-13H2,1-4H3. The average Bonchev–Trinajstić information content (AvgIpc) is 2.35. The van der Waals surface area contributed by atoms with Gasteiger partial charge >= 0.3 is 0 Å². The van der Waals surface area contributed by atoms with Gasteiger partial charge in [0.1, 0.15) is 0 Å². The van der Waals surface area contributed by atoms with Gasteiger partial charge in [-0.15, -0.1) is 0 Å². The highest BCUT2D eigenvalue weighted by atomic mass is 16.5. The molecule has 0 spiro atoms. The average molecular weight is 243 g/mol. The fraction of sp³-hybridized carbons (Fsp3) is 1.00. The predicted molar refractivity (Wildman–Crippen MR) is 76.5 cm³/mol. The third kappa shape index (κ3) is 8.62. The Balaban J connectivity index is 3.97. The van der Waals surface area contributed by atoms with E-state index in [2.05, 4.69) is 26.1 Å². The second-order valence-electron chi connectivity index (χ2n) is 4.96. The molecule has 0 radical (unpaired) electrons. The summed E-state index contributed by atoms with van der Waals surface area (Å²) in [5.41, 5.74) is 0. The quantitative estimate of drug-likeness (QED) is 0.523. The van der Waals surface area contributed by atoms with Gasteiger partial charge in [-0.25, -0.2) is 0 Å². The molecule has 0 saturated carbocycles. The van der Waals surface area contributed by atoms with Crippen LogP contribution in [0.25, 0.3) is 0 Å². The molecule has 2 atom stereocenters. The third-order valence-corrected chi connectivity index (χ3v) is 3.60. The molecule has 0 heterocycles. The maximum absolute atomic E-state index is 5.11. The number of ether oxygens (including phenoxy) is 1. The molecule has 2 heteroatoms. The van der Waals surface area contributed by atoms with E-state index >= 15 is 0 Å². The van der Waals surface area contributed by atoms with E-state index in [4.69, 9.17) is 4.74 Å². The van der Waals surface area contributed by atoms with Gasteiger partial charge in [0, 0.05) is 19.8 Å². The smallest absolute Gasteiger partial charge is 0.0462 e. The summed E-state index contributed by atoms with van der Waals surface area (Å²) in [4.78, 5) is 0. The molecule has 0 aliphatic carbocycles. The summed E-state index contributed by atoms with van der Waals surface area (Å²) in [5.74, 6) is 0.859. The highest BCUT2D eigenvalue weighted by Gasteiger charge is 2.17. The number of methoxy groups -OCH3 is 1. The van der Waals surface area contributed by atoms with Crippen LogP contribution in [-0.4, -0.2) is 26.3 Å². The van der Waals surface area contributed by atoms with Crippen LogP contribution in [-0.2, 0) is 4.74 Å². The second kappa shape index (κ2) is 12.4. The number of rotatable bonds is 12. The van der Waals surface area contributed by atoms with E-state index in [1.807, 2.05) is 0 Å². The van der Waals surface area contributed by atoms with Crippen molar-refractivity contribution < 1.29 is 4.74 Å². The van der Waals surface area contributed by atoms with E-state index in [0.29, 0.717) is 6.04 Å². The molecule has 0 fully saturated rings. The highest BCUT2D eigenvalue weighted by Crippen LogP contribution is 2.20. The number of hydrogen-bond acceptors (Lipinski definition) is 2. The summed E-state index contributed by atoms with van der Waals surface area (Å²) in [6, 6.07) is 0.716. The molecule has 0 aromatic rings. The Kier molecular flexibility index (Phi) is 12.3. The molecule has 0 rings (SSSR count). The van der Waals surface area contributed by atoms with Gasteiger partial charge in [-0.2, -0.15) is 0 Å². The van der Waals surface area contributed by atoms with Crippen LogP contribution in [0.5, 0.6) is 0 Å². The maximum Gasteiger partial charge on any atom is 0.0462 e. The molecule has 2 unspecified atom stereocenters. The monoisotopic (exact) mass is 243 g/mol. The molecule has 0 aliphatic heterocycles. The van der Waals surface area contributed by atoms with Crippen molar-refractivity contribution in [3.63, 3.8) is 0 Å². The lowest BCUT2D eigenvalue weighted by molar-refractivity contribution is 0.188. The Morgan fingerprint density at radius 2 is 1.76 bits per heavy atom. The van der Waals surface area contributed by atoms with Crippen LogP contribution in [0.3, 0.4) is 0 Å². The maximum atomic E-state index is 5.11. The number of hydrogen-bond donors (Lipinski definition) is 1. The Hall–Kier alpha value is -0.0800. The third-order valence-electron chi connectivity index (χ3n) is 3.60. The van der Waals surface area contributed by atoms with Crippen molar-refractivity contribution in [1.29, 1.82) is 0 Å². The van der Waals surface area contributed by atoms with Crippen molar-refractivity contribution in [2.45, 2.75) is 71.8 Å². The summed E-state index contributed by atoms with van der Waals surface area (Å²) in [7, 11) is 1.79. The van der Waals surface area contributed by atoms with E-state index in [0.717, 1.165) is 19.1 Å². The fourth-order valence-corrected chi connectivity index (χ4v) is 2.53. The Morgan fingerprint density at radius 1 is 1.00 bits per heavy atom. The van der Waals surface area contributed by atoms with E-state index in [9.17, 15) is 0 Å². The topological polar surface area (TPSA) is 21.3 Å². The minimum absolute atomic E-state index is 0.716. The Bertz CT molecular complexity index is 150. The van der Waals surface area contributed by atoms with Crippen LogP contribution in [0.1, 0.15) is 65.7 Å². The lowest BCUT2D eigenvalue weighted by atomic mass is 9.88. The van der Waals surface area contributed by atoms with Crippen molar-refractivity contribution in [3.05, 3.63) is 0 Å². The molecular formula is C15H33NO. The number of unbranched alkanes of at least 4 members (excludes halogenated alkanes) is 2. The first-order valence-corrected chi connectivity index (χ1v) is 7.52. The molecule has 2 nitrogen and oxygen atoms in total. The summed E-state index contributed by atoms with van der Waals surface area (Å²) in [6.07, 6.45) is 9.17. The van der Waals surface area contributed by atoms with E-state index in [1.54, 1.807) is 7.11 Å². The van der Waals surface area contributed by atoms with E-state index < -0.39 is 0 Å². The first kappa shape index (κ1) is 16.9. The SMILES string of the molecule is CCCCC(CC)C(CCCCOC)NCC. The zero-order chi connectivity index (χ0) is 12.9. The molecular weight excluding hydrogens is 210 g/mol. The van der Waals surface area contributed by atoms with Gasteiger partial charge < -0.3 is 10.1 Å². The molecule has 0 aromatic carbocycles. The Labute approximate surface area is 109 Å². The normalized spacial score (nSPS) is 14.8. The molecule has 0 saturated heterocycles. The Morgan fingerprint density at radius 3 is 2.29 bits per heavy atom. The molecule has 17 heavy (non-hydrogen) atoms. The van der Waals surface area contributed by atoms with E-state index in [-0.39, 0.29) is 0 Å². The van der Waals surface area contributed by atoms with Gasteiger partial charge in [0.2, 0.25) is 0 Å². The van der Waals surface area contributed by atoms with Crippen molar-refractivity contribution in [2.75, 3.05) is 20.3 Å². The predicted octanol–water partition coefficient (Wildman–Crippen LogP) is 4.00. The van der Waals surface area contributed by atoms with Gasteiger partial charge in [0.05, 0.1) is 0 Å². The van der Waals surface area contributed by atoms with E-state index in [1.165, 1.54) is 44.9 Å². The van der Waals surface area contributed by atoms with Crippen LogP contribution in [0.4, 0.5) is 0 Å². The van der Waals surface area contributed by atoms with Crippen LogP contribution in [0, 0.1) is 5.92 Å². The minimum Gasteiger partial charge on any atom is -0.385 e. The largest absolute Gasteiger partial charge is 0.385 e. The van der Waals surface area contributed by atoms with Gasteiger partial charge in [-0.1, -0.05) is 40.0 Å². The van der Waals surface area contributed by atoms with Crippen LogP contribution in [0.2, 0.25) is 0 Å². The van der Waals surface area contributed by atoms with Gasteiger partial charge in [0.25, 0.3) is 0 Å². The first-order valence-electron chi connectivity index (χ1n) is 7.52. The van der Waals surface area contributed by atoms with Gasteiger partial charge in [-0.05, 0) is 38.1 Å². The van der Waals surface area contributed by atoms with Crippen LogP contribution < -0.4 is 5.32 Å². The molecule has 0 amide bonds. The van der Waals surface area contributed by atoms with Crippen molar-refractivity contribution in [1.82, 2.24) is 5.32 Å². The van der Waals surface area contributed by atoms with Crippen molar-refractivity contribution in [2.24, 2.45) is 5.92 Å². The van der Waals surface area contributed by atoms with Gasteiger partial charge in [-0.3, -0.25) is 0 Å². The molecule has 1 N–H and O–H groups in total. The summed E-state index contributed by atoms with van der Waals surface area (Å²) >= 11 is 0.